The molecule has 3 heterocycles. The van der Waals surface area contributed by atoms with Gasteiger partial charge >= 0.3 is 5.97 Å². The van der Waals surface area contributed by atoms with Crippen LogP contribution < -0.4 is 4.74 Å². The van der Waals surface area contributed by atoms with Crippen molar-refractivity contribution in [3.05, 3.63) is 84.4 Å². The van der Waals surface area contributed by atoms with Crippen LogP contribution in [-0.4, -0.2) is 32.8 Å². The molecule has 0 amide bonds. The Kier molecular flexibility index (Phi) is 5.03. The summed E-state index contributed by atoms with van der Waals surface area (Å²) < 4.78 is 11.0. The molecule has 7 heteroatoms. The van der Waals surface area contributed by atoms with E-state index in [1.54, 1.807) is 37.5 Å². The molecule has 0 bridgehead atoms. The second kappa shape index (κ2) is 7.93. The maximum atomic E-state index is 12.8. The van der Waals surface area contributed by atoms with Gasteiger partial charge in [0.05, 0.1) is 6.20 Å². The lowest BCUT2D eigenvalue weighted by Crippen LogP contribution is -2.24. The summed E-state index contributed by atoms with van der Waals surface area (Å²) in [5.41, 5.74) is 1.43. The predicted octanol–water partition coefficient (Wildman–Crippen LogP) is 4.18. The van der Waals surface area contributed by atoms with Crippen LogP contribution in [0.2, 0.25) is 0 Å². The van der Waals surface area contributed by atoms with E-state index in [4.69, 9.17) is 9.47 Å². The van der Waals surface area contributed by atoms with Crippen molar-refractivity contribution in [2.45, 2.75) is 13.0 Å². The minimum atomic E-state index is -0.979. The average Bonchev–Trinajstić information content (AvgIpc) is 3.18. The van der Waals surface area contributed by atoms with E-state index in [0.717, 1.165) is 10.9 Å². The number of para-hydroxylation sites is 1. The highest BCUT2D eigenvalue weighted by Crippen LogP contribution is 2.24. The largest absolute Gasteiger partial charge is 0.451 e. The average molecular weight is 387 g/mol. The summed E-state index contributed by atoms with van der Waals surface area (Å²) in [6.45, 7) is 1.54. The molecule has 0 saturated carbocycles. The molecular formula is C22H17N3O4. The van der Waals surface area contributed by atoms with E-state index in [1.165, 1.54) is 18.5 Å². The van der Waals surface area contributed by atoms with Crippen molar-refractivity contribution in [3.8, 4) is 11.6 Å². The number of benzene rings is 1. The Labute approximate surface area is 166 Å². The van der Waals surface area contributed by atoms with Crippen LogP contribution in [0.15, 0.2) is 73.3 Å². The van der Waals surface area contributed by atoms with Gasteiger partial charge in [-0.15, -0.1) is 0 Å². The monoisotopic (exact) mass is 387 g/mol. The molecule has 4 rings (SSSR count). The van der Waals surface area contributed by atoms with Crippen molar-refractivity contribution in [2.24, 2.45) is 0 Å². The quantitative estimate of drug-likeness (QED) is 0.394. The van der Waals surface area contributed by atoms with Crippen LogP contribution in [0.25, 0.3) is 10.9 Å². The van der Waals surface area contributed by atoms with Gasteiger partial charge in [0, 0.05) is 35.1 Å². The van der Waals surface area contributed by atoms with Crippen LogP contribution in [0.5, 0.6) is 11.6 Å². The third-order valence-corrected chi connectivity index (χ3v) is 4.35. The molecule has 1 unspecified atom stereocenters. The minimum absolute atomic E-state index is 0.0808. The summed E-state index contributed by atoms with van der Waals surface area (Å²) in [4.78, 5) is 36.6. The van der Waals surface area contributed by atoms with Crippen molar-refractivity contribution in [2.75, 3.05) is 0 Å². The summed E-state index contributed by atoms with van der Waals surface area (Å²) >= 11 is 0. The number of nitrogens with zero attached hydrogens (tertiary/aromatic N) is 2. The molecule has 7 nitrogen and oxygen atoms in total. The van der Waals surface area contributed by atoms with Crippen LogP contribution in [-0.2, 0) is 4.74 Å². The summed E-state index contributed by atoms with van der Waals surface area (Å²) in [5, 5.41) is 0.780. The van der Waals surface area contributed by atoms with Crippen molar-refractivity contribution in [1.29, 1.82) is 0 Å². The first-order chi connectivity index (χ1) is 14.1. The number of rotatable bonds is 6. The van der Waals surface area contributed by atoms with E-state index >= 15 is 0 Å². The number of esters is 1. The van der Waals surface area contributed by atoms with Gasteiger partial charge in [0.25, 0.3) is 0 Å². The molecule has 0 radical (unpaired) electrons. The standard InChI is InChI=1S/C22H17N3O4/c1-14(20(26)18-13-25-19-9-3-2-7-16(18)19)28-22(27)17-8-5-11-24-21(17)29-15-6-4-10-23-12-15/h2-14,25H,1H3. The van der Waals surface area contributed by atoms with Gasteiger partial charge in [-0.3, -0.25) is 9.78 Å². The highest BCUT2D eigenvalue weighted by Gasteiger charge is 2.25. The van der Waals surface area contributed by atoms with Gasteiger partial charge in [-0.25, -0.2) is 9.78 Å². The Morgan fingerprint density at radius 2 is 1.83 bits per heavy atom. The summed E-state index contributed by atoms with van der Waals surface area (Å²) in [5.74, 6) is -0.479. The number of ketones is 1. The lowest BCUT2D eigenvalue weighted by Gasteiger charge is -2.13. The van der Waals surface area contributed by atoms with Crippen LogP contribution in [0.1, 0.15) is 27.6 Å². The lowest BCUT2D eigenvalue weighted by molar-refractivity contribution is 0.0316. The number of nitrogens with one attached hydrogen (secondary N) is 1. The van der Waals surface area contributed by atoms with Crippen LogP contribution in [0.4, 0.5) is 0 Å². The van der Waals surface area contributed by atoms with E-state index in [9.17, 15) is 9.59 Å². The number of hydrogen-bond acceptors (Lipinski definition) is 6. The number of pyridine rings is 2. The van der Waals surface area contributed by atoms with Crippen molar-refractivity contribution >= 4 is 22.7 Å². The fraction of sp³-hybridized carbons (Fsp3) is 0.0909. The third-order valence-electron chi connectivity index (χ3n) is 4.35. The lowest BCUT2D eigenvalue weighted by atomic mass is 10.1. The zero-order valence-electron chi connectivity index (χ0n) is 15.5. The van der Waals surface area contributed by atoms with E-state index in [-0.39, 0.29) is 17.2 Å². The number of fused-ring (bicyclic) bond motifs is 1. The molecule has 29 heavy (non-hydrogen) atoms. The first kappa shape index (κ1) is 18.4. The number of aromatic amines is 1. The zero-order valence-corrected chi connectivity index (χ0v) is 15.5. The van der Waals surface area contributed by atoms with E-state index < -0.39 is 12.1 Å². The maximum absolute atomic E-state index is 12.8. The SMILES string of the molecule is CC(OC(=O)c1cccnc1Oc1cccnc1)C(=O)c1c[nH]c2ccccc12. The predicted molar refractivity (Wildman–Crippen MR) is 106 cm³/mol. The Hall–Kier alpha value is -4.00. The molecule has 3 aromatic heterocycles. The molecule has 0 spiro atoms. The summed E-state index contributed by atoms with van der Waals surface area (Å²) in [6, 6.07) is 14.0. The smallest absolute Gasteiger partial charge is 0.344 e. The summed E-state index contributed by atoms with van der Waals surface area (Å²) in [7, 11) is 0. The molecule has 0 fully saturated rings. The fourth-order valence-electron chi connectivity index (χ4n) is 2.92. The molecule has 1 N–H and O–H groups in total. The molecule has 1 atom stereocenters. The highest BCUT2D eigenvalue weighted by atomic mass is 16.5. The number of carbonyl (C=O) groups excluding carboxylic acids is 2. The Balaban J connectivity index is 1.53. The van der Waals surface area contributed by atoms with E-state index in [1.807, 2.05) is 24.3 Å². The van der Waals surface area contributed by atoms with Gasteiger partial charge in [-0.1, -0.05) is 18.2 Å². The van der Waals surface area contributed by atoms with Gasteiger partial charge in [-0.05, 0) is 37.3 Å². The molecule has 0 aliphatic rings. The van der Waals surface area contributed by atoms with E-state index in [0.29, 0.717) is 11.3 Å². The summed E-state index contributed by atoms with van der Waals surface area (Å²) in [6.07, 6.45) is 5.26. The molecule has 0 aliphatic heterocycles. The van der Waals surface area contributed by atoms with Crippen LogP contribution >= 0.6 is 0 Å². The van der Waals surface area contributed by atoms with Crippen molar-refractivity contribution < 1.29 is 19.1 Å². The van der Waals surface area contributed by atoms with Crippen LogP contribution in [0.3, 0.4) is 0 Å². The van der Waals surface area contributed by atoms with Gasteiger partial charge in [0.15, 0.2) is 6.10 Å². The number of Topliss-reactive ketones (excluding diaryl/α,β-unsaturated/α-hetero) is 1. The van der Waals surface area contributed by atoms with Gasteiger partial charge in [0.1, 0.15) is 11.3 Å². The molecular weight excluding hydrogens is 370 g/mol. The Morgan fingerprint density at radius 3 is 2.66 bits per heavy atom. The third kappa shape index (κ3) is 3.84. The van der Waals surface area contributed by atoms with Gasteiger partial charge in [0.2, 0.25) is 11.7 Å². The molecule has 4 aromatic rings. The van der Waals surface area contributed by atoms with Gasteiger partial charge < -0.3 is 14.5 Å². The minimum Gasteiger partial charge on any atom is -0.451 e. The Bertz CT molecular complexity index is 1170. The number of H-pyrrole nitrogens is 1. The highest BCUT2D eigenvalue weighted by molar-refractivity contribution is 6.10. The number of ether oxygens (including phenoxy) is 2. The van der Waals surface area contributed by atoms with Gasteiger partial charge in [-0.2, -0.15) is 0 Å². The normalized spacial score (nSPS) is 11.8. The number of hydrogen-bond donors (Lipinski definition) is 1. The molecule has 0 saturated heterocycles. The first-order valence-electron chi connectivity index (χ1n) is 8.97. The van der Waals surface area contributed by atoms with E-state index in [2.05, 4.69) is 15.0 Å². The second-order valence-electron chi connectivity index (χ2n) is 6.31. The number of carbonyl (C=O) groups is 2. The molecule has 1 aromatic carbocycles. The number of aromatic nitrogens is 3. The first-order valence-corrected chi connectivity index (χ1v) is 8.97. The molecule has 144 valence electrons. The molecule has 0 aliphatic carbocycles. The Morgan fingerprint density at radius 1 is 1.00 bits per heavy atom. The van der Waals surface area contributed by atoms with Crippen LogP contribution in [0, 0.1) is 0 Å². The fourth-order valence-corrected chi connectivity index (χ4v) is 2.92. The second-order valence-corrected chi connectivity index (χ2v) is 6.31. The van der Waals surface area contributed by atoms with Crippen molar-refractivity contribution in [3.63, 3.8) is 0 Å². The maximum Gasteiger partial charge on any atom is 0.344 e. The topological polar surface area (TPSA) is 94.2 Å². The van der Waals surface area contributed by atoms with Crippen molar-refractivity contribution in [1.82, 2.24) is 15.0 Å². The zero-order chi connectivity index (χ0) is 20.2.